The van der Waals surface area contributed by atoms with Crippen LogP contribution in [0.1, 0.15) is 107 Å². The lowest BCUT2D eigenvalue weighted by molar-refractivity contribution is -0.0861. The van der Waals surface area contributed by atoms with Gasteiger partial charge in [-0.25, -0.2) is 0 Å². The molecule has 0 radical (unpaired) electrons. The van der Waals surface area contributed by atoms with Crippen LogP contribution in [0.15, 0.2) is 11.6 Å². The number of hydrogen-bond acceptors (Lipinski definition) is 2. The summed E-state index contributed by atoms with van der Waals surface area (Å²) in [5.41, 5.74) is 2.19. The van der Waals surface area contributed by atoms with Crippen molar-refractivity contribution in [3.8, 4) is 0 Å². The fourth-order valence-electron chi connectivity index (χ4n) is 6.58. The topological polar surface area (TPSA) is 18.5 Å². The van der Waals surface area contributed by atoms with Gasteiger partial charge in [0.05, 0.1) is 6.10 Å². The van der Waals surface area contributed by atoms with E-state index in [1.165, 1.54) is 44.9 Å². The van der Waals surface area contributed by atoms with E-state index in [1.54, 1.807) is 5.57 Å². The van der Waals surface area contributed by atoms with Gasteiger partial charge in [0.15, 0.2) is 16.6 Å². The largest absolute Gasteiger partial charge is 0.414 e. The third kappa shape index (κ3) is 5.22. The van der Waals surface area contributed by atoms with Crippen LogP contribution in [0, 0.1) is 22.7 Å². The molecule has 0 N–H and O–H groups in total. The van der Waals surface area contributed by atoms with Crippen LogP contribution in [0.2, 0.25) is 36.3 Å². The van der Waals surface area contributed by atoms with Crippen molar-refractivity contribution >= 4 is 16.6 Å². The molecule has 0 aromatic heterocycles. The molecule has 0 saturated heterocycles. The first-order chi connectivity index (χ1) is 15.2. The quantitative estimate of drug-likeness (QED) is 0.279. The number of allylic oxidation sites excluding steroid dienone is 2. The molecule has 0 aliphatic heterocycles. The second kappa shape index (κ2) is 9.13. The molecule has 3 aliphatic carbocycles. The molecule has 2 saturated carbocycles. The predicted molar refractivity (Wildman–Crippen MR) is 153 cm³/mol. The summed E-state index contributed by atoms with van der Waals surface area (Å²) in [7, 11) is -3.73. The van der Waals surface area contributed by atoms with Crippen molar-refractivity contribution in [2.24, 2.45) is 22.7 Å². The van der Waals surface area contributed by atoms with Crippen molar-refractivity contribution in [1.29, 1.82) is 0 Å². The van der Waals surface area contributed by atoms with E-state index in [1.807, 2.05) is 0 Å². The highest BCUT2D eigenvalue weighted by Crippen LogP contribution is 2.58. The van der Waals surface area contributed by atoms with Crippen molar-refractivity contribution in [2.45, 2.75) is 156 Å². The Kier molecular flexibility index (Phi) is 7.70. The molecule has 2 fully saturated rings. The van der Waals surface area contributed by atoms with Crippen molar-refractivity contribution in [2.75, 3.05) is 0 Å². The minimum absolute atomic E-state index is 0.179. The van der Waals surface area contributed by atoms with Crippen LogP contribution in [0.4, 0.5) is 0 Å². The van der Waals surface area contributed by atoms with Gasteiger partial charge in [0, 0.05) is 6.10 Å². The van der Waals surface area contributed by atoms with Gasteiger partial charge in [-0.1, -0.05) is 80.4 Å². The minimum atomic E-state index is -1.89. The summed E-state index contributed by atoms with van der Waals surface area (Å²) in [6.07, 6.45) is 12.1. The zero-order valence-corrected chi connectivity index (χ0v) is 27.2. The molecule has 198 valence electrons. The van der Waals surface area contributed by atoms with Gasteiger partial charge in [0.2, 0.25) is 0 Å². The molecule has 3 aliphatic rings. The number of rotatable bonds is 4. The van der Waals surface area contributed by atoms with Gasteiger partial charge in [-0.2, -0.15) is 0 Å². The lowest BCUT2D eigenvalue weighted by atomic mass is 9.60. The Morgan fingerprint density at radius 3 is 1.97 bits per heavy atom. The van der Waals surface area contributed by atoms with Gasteiger partial charge in [-0.3, -0.25) is 0 Å². The fraction of sp³-hybridized carbons (Fsp3) is 0.933. The monoisotopic (exact) mass is 506 g/mol. The average Bonchev–Trinajstić information content (AvgIpc) is 2.93. The highest BCUT2D eigenvalue weighted by molar-refractivity contribution is 6.74. The van der Waals surface area contributed by atoms with Crippen molar-refractivity contribution < 1.29 is 8.85 Å². The molecular weight excluding hydrogens is 449 g/mol. The summed E-state index contributed by atoms with van der Waals surface area (Å²) in [4.78, 5) is 0. The van der Waals surface area contributed by atoms with Gasteiger partial charge >= 0.3 is 0 Å². The molecule has 0 heterocycles. The van der Waals surface area contributed by atoms with E-state index in [0.717, 1.165) is 5.92 Å². The molecule has 4 heteroatoms. The van der Waals surface area contributed by atoms with Crippen LogP contribution in [-0.2, 0) is 8.85 Å². The van der Waals surface area contributed by atoms with Gasteiger partial charge in [0.1, 0.15) is 0 Å². The first-order valence-electron chi connectivity index (χ1n) is 14.3. The highest BCUT2D eigenvalue weighted by atomic mass is 28.4. The third-order valence-electron chi connectivity index (χ3n) is 11.5. The maximum absolute atomic E-state index is 7.47. The van der Waals surface area contributed by atoms with E-state index in [-0.39, 0.29) is 15.5 Å². The first kappa shape index (κ1) is 28.7. The van der Waals surface area contributed by atoms with E-state index in [0.29, 0.717) is 23.5 Å². The Morgan fingerprint density at radius 2 is 1.41 bits per heavy atom. The molecule has 5 atom stereocenters. The molecule has 0 spiro atoms. The van der Waals surface area contributed by atoms with E-state index in [9.17, 15) is 0 Å². The molecule has 0 aromatic rings. The summed E-state index contributed by atoms with van der Waals surface area (Å²) in [6.45, 7) is 31.8. The average molecular weight is 507 g/mol. The summed E-state index contributed by atoms with van der Waals surface area (Å²) in [6, 6.07) is 0. The number of hydrogen-bond donors (Lipinski definition) is 0. The molecule has 3 rings (SSSR count). The second-order valence-corrected chi connectivity index (χ2v) is 25.5. The maximum atomic E-state index is 7.47. The van der Waals surface area contributed by atoms with E-state index >= 15 is 0 Å². The zero-order valence-electron chi connectivity index (χ0n) is 25.2. The van der Waals surface area contributed by atoms with E-state index < -0.39 is 16.6 Å². The molecular formula is C30H58O2Si2. The lowest BCUT2D eigenvalue weighted by Crippen LogP contribution is -2.56. The molecule has 2 nitrogen and oxygen atoms in total. The van der Waals surface area contributed by atoms with Crippen molar-refractivity contribution in [1.82, 2.24) is 0 Å². The minimum Gasteiger partial charge on any atom is -0.414 e. The Hall–Kier alpha value is 0.0938. The van der Waals surface area contributed by atoms with Crippen LogP contribution in [-0.4, -0.2) is 28.8 Å². The van der Waals surface area contributed by atoms with E-state index in [4.69, 9.17) is 8.85 Å². The predicted octanol–water partition coefficient (Wildman–Crippen LogP) is 9.73. The van der Waals surface area contributed by atoms with Gasteiger partial charge in [-0.15, -0.1) is 0 Å². The summed E-state index contributed by atoms with van der Waals surface area (Å²) in [5.74, 6) is 1.28. The highest BCUT2D eigenvalue weighted by Gasteiger charge is 2.55. The van der Waals surface area contributed by atoms with Crippen LogP contribution in [0.3, 0.4) is 0 Å². The van der Waals surface area contributed by atoms with Gasteiger partial charge < -0.3 is 8.85 Å². The Labute approximate surface area is 215 Å². The van der Waals surface area contributed by atoms with Crippen LogP contribution in [0.5, 0.6) is 0 Å². The summed E-state index contributed by atoms with van der Waals surface area (Å²) in [5, 5.41) is 0.480. The van der Waals surface area contributed by atoms with Crippen molar-refractivity contribution in [3.05, 3.63) is 11.6 Å². The van der Waals surface area contributed by atoms with E-state index in [2.05, 4.69) is 94.6 Å². The van der Waals surface area contributed by atoms with Crippen molar-refractivity contribution in [3.63, 3.8) is 0 Å². The molecule has 0 aromatic carbocycles. The standard InChI is InChI=1S/C30H58O2Si2/c1-27(2,3)33(10,11)31-25-15-14-20-30(9)24(25)19-18-22-16-17-23(29(22,7)8)21-26(30)32-34(12,13)28(4,5)6/h18,23-26H,14-17,19-21H2,1-13H3/b22-18+/t23-,24-,25-,26+,30-/m1/s1. The molecule has 0 unspecified atom stereocenters. The normalized spacial score (nSPS) is 36.7. The smallest absolute Gasteiger partial charge is 0.192 e. The van der Waals surface area contributed by atoms with Crippen LogP contribution < -0.4 is 0 Å². The third-order valence-corrected chi connectivity index (χ3v) is 20.4. The number of fused-ring (bicyclic) bond motifs is 3. The Balaban J connectivity index is 2.06. The van der Waals surface area contributed by atoms with Gasteiger partial charge in [0.25, 0.3) is 0 Å². The fourth-order valence-corrected chi connectivity index (χ4v) is 9.40. The van der Waals surface area contributed by atoms with Gasteiger partial charge in [-0.05, 0) is 97.5 Å². The Bertz CT molecular complexity index is 768. The SMILES string of the molecule is CC1(C)/C2=C/C[C@@H]3[C@H](O[Si](C)(C)C(C)(C)C)CCC[C@@]3(C)[C@@H](O[Si](C)(C)C(C)(C)C)C[C@H]1CC2. The summed E-state index contributed by atoms with van der Waals surface area (Å²) < 4.78 is 14.7. The molecule has 34 heavy (non-hydrogen) atoms. The Morgan fingerprint density at radius 1 is 0.853 bits per heavy atom. The second-order valence-electron chi connectivity index (χ2n) is 15.9. The van der Waals surface area contributed by atoms with Crippen LogP contribution >= 0.6 is 0 Å². The summed E-state index contributed by atoms with van der Waals surface area (Å²) >= 11 is 0. The maximum Gasteiger partial charge on any atom is 0.192 e. The zero-order chi connectivity index (χ0) is 26.0. The molecule has 0 amide bonds. The van der Waals surface area contributed by atoms with Crippen LogP contribution in [0.25, 0.3) is 0 Å². The molecule has 2 bridgehead atoms. The first-order valence-corrected chi connectivity index (χ1v) is 20.1. The lowest BCUT2D eigenvalue weighted by Gasteiger charge is -2.55.